The summed E-state index contributed by atoms with van der Waals surface area (Å²) in [6.45, 7) is 0. The largest absolute Gasteiger partial charge is 0.496 e. The number of aromatic nitrogens is 2. The van der Waals surface area contributed by atoms with Gasteiger partial charge in [-0.15, -0.1) is 0 Å². The van der Waals surface area contributed by atoms with Crippen molar-refractivity contribution in [3.05, 3.63) is 59.3 Å². The molecule has 3 rings (SSSR count). The summed E-state index contributed by atoms with van der Waals surface area (Å²) in [7, 11) is 3.24. The number of hydrogen-bond acceptors (Lipinski definition) is 3. The number of hydrogen-bond donors (Lipinski definition) is 2. The molecule has 0 radical (unpaired) electrons. The Morgan fingerprint density at radius 1 is 1.11 bits per heavy atom. The zero-order valence-corrected chi connectivity index (χ0v) is 15.1. The van der Waals surface area contributed by atoms with E-state index < -0.39 is 17.7 Å². The lowest BCUT2D eigenvalue weighted by Crippen LogP contribution is -2.19. The molecule has 140 valence electrons. The molecule has 0 aliphatic heterocycles. The van der Waals surface area contributed by atoms with Gasteiger partial charge in [-0.2, -0.15) is 5.10 Å². The van der Waals surface area contributed by atoms with E-state index in [1.807, 2.05) is 0 Å². The van der Waals surface area contributed by atoms with Crippen molar-refractivity contribution in [1.29, 1.82) is 0 Å². The molecule has 1 heterocycles. The van der Waals surface area contributed by atoms with Crippen molar-refractivity contribution in [2.24, 2.45) is 7.05 Å². The molecule has 0 spiro atoms. The van der Waals surface area contributed by atoms with Crippen LogP contribution in [0.5, 0.6) is 5.75 Å². The first-order valence-electron chi connectivity index (χ1n) is 7.77. The lowest BCUT2D eigenvalue weighted by Gasteiger charge is -2.13. The molecule has 0 saturated heterocycles. The van der Waals surface area contributed by atoms with Crippen LogP contribution in [0, 0.1) is 11.6 Å². The first kappa shape index (κ1) is 18.7. The smallest absolute Gasteiger partial charge is 0.323 e. The van der Waals surface area contributed by atoms with Crippen LogP contribution in [0.4, 0.5) is 25.0 Å². The predicted octanol–water partition coefficient (Wildman–Crippen LogP) is 4.67. The molecule has 2 aromatic carbocycles. The molecule has 2 amide bonds. The van der Waals surface area contributed by atoms with E-state index in [0.29, 0.717) is 27.7 Å². The molecule has 0 atom stereocenters. The number of carbonyl (C=O) groups is 1. The van der Waals surface area contributed by atoms with Crippen LogP contribution >= 0.6 is 11.6 Å². The summed E-state index contributed by atoms with van der Waals surface area (Å²) < 4.78 is 33.4. The molecule has 0 unspecified atom stereocenters. The van der Waals surface area contributed by atoms with Gasteiger partial charge in [-0.3, -0.25) is 4.68 Å². The Balaban J connectivity index is 1.85. The summed E-state index contributed by atoms with van der Waals surface area (Å²) >= 11 is 6.19. The zero-order chi connectivity index (χ0) is 19.6. The molecular weight excluding hydrogens is 378 g/mol. The Morgan fingerprint density at radius 3 is 2.37 bits per heavy atom. The molecular formula is C18H15ClF2N4O2. The average molecular weight is 393 g/mol. The highest BCUT2D eigenvalue weighted by Gasteiger charge is 2.16. The normalized spacial score (nSPS) is 10.6. The predicted molar refractivity (Wildman–Crippen MR) is 99.2 cm³/mol. The van der Waals surface area contributed by atoms with E-state index in [4.69, 9.17) is 16.3 Å². The minimum absolute atomic E-state index is 0.00610. The van der Waals surface area contributed by atoms with Crippen molar-refractivity contribution >= 4 is 29.0 Å². The van der Waals surface area contributed by atoms with Crippen molar-refractivity contribution in [2.75, 3.05) is 17.7 Å². The number of carbonyl (C=O) groups excluding carboxylic acids is 1. The minimum Gasteiger partial charge on any atom is -0.496 e. The molecule has 0 fully saturated rings. The summed E-state index contributed by atoms with van der Waals surface area (Å²) in [4.78, 5) is 12.1. The Hall–Kier alpha value is -3.13. The second-order valence-electron chi connectivity index (χ2n) is 5.62. The van der Waals surface area contributed by atoms with Crippen LogP contribution in [0.1, 0.15) is 0 Å². The summed E-state index contributed by atoms with van der Waals surface area (Å²) in [5.74, 6) is -1.04. The number of aryl methyl sites for hydroxylation is 1. The first-order chi connectivity index (χ1) is 12.9. The fourth-order valence-electron chi connectivity index (χ4n) is 2.60. The van der Waals surface area contributed by atoms with Gasteiger partial charge in [0.15, 0.2) is 0 Å². The second kappa shape index (κ2) is 7.63. The van der Waals surface area contributed by atoms with Crippen LogP contribution in [-0.2, 0) is 7.05 Å². The number of amides is 2. The molecule has 0 aliphatic carbocycles. The molecule has 27 heavy (non-hydrogen) atoms. The zero-order valence-electron chi connectivity index (χ0n) is 14.4. The van der Waals surface area contributed by atoms with Crippen LogP contribution in [0.25, 0.3) is 11.3 Å². The second-order valence-corrected chi connectivity index (χ2v) is 6.02. The van der Waals surface area contributed by atoms with Crippen molar-refractivity contribution in [3.63, 3.8) is 0 Å². The Bertz CT molecular complexity index is 967. The molecule has 1 aromatic heterocycles. The number of urea groups is 1. The van der Waals surface area contributed by atoms with E-state index in [-0.39, 0.29) is 5.69 Å². The van der Waals surface area contributed by atoms with Gasteiger partial charge in [0.25, 0.3) is 0 Å². The van der Waals surface area contributed by atoms with E-state index in [1.54, 1.807) is 29.9 Å². The van der Waals surface area contributed by atoms with E-state index in [9.17, 15) is 13.6 Å². The summed E-state index contributed by atoms with van der Waals surface area (Å²) in [5.41, 5.74) is 1.66. The van der Waals surface area contributed by atoms with Crippen LogP contribution in [-0.4, -0.2) is 22.9 Å². The average Bonchev–Trinajstić information content (AvgIpc) is 2.92. The number of benzene rings is 2. The van der Waals surface area contributed by atoms with Gasteiger partial charge >= 0.3 is 6.03 Å². The number of methoxy groups -OCH3 is 1. The van der Waals surface area contributed by atoms with Crippen LogP contribution < -0.4 is 15.4 Å². The SMILES string of the molecule is COc1ccc(NC(=O)Nc2cc(F)cc(F)c2)cc1-c1c(Cl)cnn1C. The van der Waals surface area contributed by atoms with Crippen molar-refractivity contribution in [3.8, 4) is 17.0 Å². The lowest BCUT2D eigenvalue weighted by molar-refractivity contribution is 0.262. The minimum atomic E-state index is -0.789. The third-order valence-electron chi connectivity index (χ3n) is 3.73. The van der Waals surface area contributed by atoms with Gasteiger partial charge in [-0.05, 0) is 30.3 Å². The fraction of sp³-hybridized carbons (Fsp3) is 0.111. The van der Waals surface area contributed by atoms with Gasteiger partial charge in [-0.1, -0.05) is 11.6 Å². The molecule has 9 heteroatoms. The third kappa shape index (κ3) is 4.17. The number of anilines is 2. The molecule has 2 N–H and O–H groups in total. The Morgan fingerprint density at radius 2 is 1.78 bits per heavy atom. The maximum atomic E-state index is 13.2. The topological polar surface area (TPSA) is 68.2 Å². The highest BCUT2D eigenvalue weighted by molar-refractivity contribution is 6.33. The fourth-order valence-corrected chi connectivity index (χ4v) is 2.87. The lowest BCUT2D eigenvalue weighted by atomic mass is 10.1. The maximum absolute atomic E-state index is 13.2. The molecule has 6 nitrogen and oxygen atoms in total. The highest BCUT2D eigenvalue weighted by Crippen LogP contribution is 2.36. The number of nitrogens with one attached hydrogen (secondary N) is 2. The van der Waals surface area contributed by atoms with Crippen LogP contribution in [0.3, 0.4) is 0 Å². The van der Waals surface area contributed by atoms with E-state index in [1.165, 1.54) is 13.3 Å². The van der Waals surface area contributed by atoms with E-state index in [2.05, 4.69) is 15.7 Å². The molecule has 3 aromatic rings. The van der Waals surface area contributed by atoms with Crippen molar-refractivity contribution in [1.82, 2.24) is 9.78 Å². The standard InChI is InChI=1S/C18H15ClF2N4O2/c1-25-17(15(19)9-22-25)14-8-12(3-4-16(14)27-2)23-18(26)24-13-6-10(20)5-11(21)7-13/h3-9H,1-2H3,(H2,23,24,26). The molecule has 0 saturated carbocycles. The van der Waals surface area contributed by atoms with Crippen molar-refractivity contribution < 1.29 is 18.3 Å². The summed E-state index contributed by atoms with van der Waals surface area (Å²) in [5, 5.41) is 9.48. The highest BCUT2D eigenvalue weighted by atomic mass is 35.5. The number of nitrogens with zero attached hydrogens (tertiary/aromatic N) is 2. The van der Waals surface area contributed by atoms with Gasteiger partial charge in [0.05, 0.1) is 24.0 Å². The van der Waals surface area contributed by atoms with Crippen LogP contribution in [0.15, 0.2) is 42.6 Å². The van der Waals surface area contributed by atoms with E-state index >= 15 is 0 Å². The third-order valence-corrected chi connectivity index (χ3v) is 4.00. The van der Waals surface area contributed by atoms with Gasteiger partial charge in [0.2, 0.25) is 0 Å². The van der Waals surface area contributed by atoms with Gasteiger partial charge in [-0.25, -0.2) is 13.6 Å². The molecule has 0 aliphatic rings. The number of ether oxygens (including phenoxy) is 1. The Kier molecular flexibility index (Phi) is 5.27. The van der Waals surface area contributed by atoms with E-state index in [0.717, 1.165) is 18.2 Å². The van der Waals surface area contributed by atoms with Gasteiger partial charge < -0.3 is 15.4 Å². The van der Waals surface area contributed by atoms with Crippen molar-refractivity contribution in [2.45, 2.75) is 0 Å². The Labute approximate surface area is 158 Å². The van der Waals surface area contributed by atoms with Gasteiger partial charge in [0, 0.05) is 30.1 Å². The first-order valence-corrected chi connectivity index (χ1v) is 8.15. The van der Waals surface area contributed by atoms with Crippen LogP contribution in [0.2, 0.25) is 5.02 Å². The number of rotatable bonds is 4. The van der Waals surface area contributed by atoms with Gasteiger partial charge in [0.1, 0.15) is 17.4 Å². The quantitative estimate of drug-likeness (QED) is 0.678. The summed E-state index contributed by atoms with van der Waals surface area (Å²) in [6.07, 6.45) is 1.50. The summed E-state index contributed by atoms with van der Waals surface area (Å²) in [6, 6.07) is 7.03. The maximum Gasteiger partial charge on any atom is 0.323 e. The molecule has 0 bridgehead atoms. The monoisotopic (exact) mass is 392 g/mol. The number of halogens is 3.